The average Bonchev–Trinajstić information content (AvgIpc) is 2.60. The number of nitrogen functional groups attached to an aromatic ring is 1. The van der Waals surface area contributed by atoms with Gasteiger partial charge in [0.2, 0.25) is 0 Å². The lowest BCUT2D eigenvalue weighted by atomic mass is 9.80. The van der Waals surface area contributed by atoms with Crippen LogP contribution in [0, 0.1) is 0 Å². The van der Waals surface area contributed by atoms with E-state index in [2.05, 4.69) is 0 Å². The Morgan fingerprint density at radius 3 is 2.35 bits per heavy atom. The maximum Gasteiger partial charge on any atom is 0.507 e. The predicted molar refractivity (Wildman–Crippen MR) is 105 cm³/mol. The van der Waals surface area contributed by atoms with Gasteiger partial charge in [0, 0.05) is 36.2 Å². The van der Waals surface area contributed by atoms with Gasteiger partial charge in [-0.25, -0.2) is 0 Å². The van der Waals surface area contributed by atoms with Crippen molar-refractivity contribution in [1.82, 2.24) is 0 Å². The number of rotatable bonds is 5. The van der Waals surface area contributed by atoms with E-state index in [-0.39, 0.29) is 10.4 Å². The van der Waals surface area contributed by atoms with Crippen molar-refractivity contribution in [1.29, 1.82) is 0 Å². The van der Waals surface area contributed by atoms with Gasteiger partial charge in [-0.2, -0.15) is 8.42 Å². The molecule has 26 heavy (non-hydrogen) atoms. The molecule has 134 valence electrons. The third kappa shape index (κ3) is 3.53. The molecule has 0 saturated heterocycles. The van der Waals surface area contributed by atoms with Crippen molar-refractivity contribution in [3.05, 3.63) is 60.7 Å². The van der Waals surface area contributed by atoms with Gasteiger partial charge in [0.05, 0.1) is 0 Å². The maximum absolute atomic E-state index is 12.8. The van der Waals surface area contributed by atoms with Gasteiger partial charge in [-0.15, -0.1) is 0 Å². The Balaban J connectivity index is 2.03. The molecule has 0 aromatic heterocycles. The molecule has 0 unspecified atom stereocenters. The molecular weight excluding hydrogens is 351 g/mol. The minimum Gasteiger partial charge on any atom is -0.422 e. The number of nitrogens with two attached hydrogens (primary N) is 1. The van der Waals surface area contributed by atoms with Crippen LogP contribution in [0.25, 0.3) is 10.8 Å². The van der Waals surface area contributed by atoms with Crippen LogP contribution >= 0.6 is 0 Å². The fourth-order valence-corrected chi connectivity index (χ4v) is 3.96. The summed E-state index contributed by atoms with van der Waals surface area (Å²) in [6.45, 7) is 0. The van der Waals surface area contributed by atoms with Crippen LogP contribution in [0.1, 0.15) is 0 Å². The van der Waals surface area contributed by atoms with Crippen LogP contribution in [0.4, 0.5) is 11.4 Å². The predicted octanol–water partition coefficient (Wildman–Crippen LogP) is 1.58. The molecular formula is C18H19BN2O4S. The van der Waals surface area contributed by atoms with E-state index in [0.717, 1.165) is 11.1 Å². The number of nitrogens with zero attached hydrogens (tertiary/aromatic N) is 1. The third-order valence-electron chi connectivity index (χ3n) is 4.02. The quantitative estimate of drug-likeness (QED) is 0.523. The van der Waals surface area contributed by atoms with Gasteiger partial charge < -0.3 is 15.7 Å². The minimum atomic E-state index is -4.20. The zero-order chi connectivity index (χ0) is 18.9. The van der Waals surface area contributed by atoms with E-state index < -0.39 is 17.2 Å². The van der Waals surface area contributed by atoms with E-state index in [1.54, 1.807) is 36.4 Å². The van der Waals surface area contributed by atoms with Crippen molar-refractivity contribution >= 4 is 44.8 Å². The number of benzene rings is 3. The highest BCUT2D eigenvalue weighted by atomic mass is 32.2. The standard InChI is InChI=1S/C18H19BN2O4S/c1-21(2)17-10-4-9-16-15(17)8-5-11-18(16)26(23,24)25-19(22)13-6-3-7-14(20)12-13/h3-12,22H,20H2,1-2H3. The molecule has 6 nitrogen and oxygen atoms in total. The van der Waals surface area contributed by atoms with E-state index in [1.807, 2.05) is 31.1 Å². The van der Waals surface area contributed by atoms with Gasteiger partial charge >= 0.3 is 7.12 Å². The van der Waals surface area contributed by atoms with E-state index in [0.29, 0.717) is 11.1 Å². The van der Waals surface area contributed by atoms with E-state index in [1.165, 1.54) is 12.1 Å². The lowest BCUT2D eigenvalue weighted by Gasteiger charge is -2.17. The molecule has 0 amide bonds. The van der Waals surface area contributed by atoms with Crippen molar-refractivity contribution < 1.29 is 17.5 Å². The molecule has 3 rings (SSSR count). The lowest BCUT2D eigenvalue weighted by molar-refractivity contribution is 0.420. The normalized spacial score (nSPS) is 11.5. The molecule has 0 aliphatic heterocycles. The van der Waals surface area contributed by atoms with E-state index in [9.17, 15) is 13.4 Å². The molecule has 0 heterocycles. The van der Waals surface area contributed by atoms with Gasteiger partial charge in [0.15, 0.2) is 0 Å². The lowest BCUT2D eigenvalue weighted by Crippen LogP contribution is -2.36. The summed E-state index contributed by atoms with van der Waals surface area (Å²) in [6.07, 6.45) is 0. The van der Waals surface area contributed by atoms with Crippen molar-refractivity contribution in [2.45, 2.75) is 4.90 Å². The fourth-order valence-electron chi connectivity index (χ4n) is 2.81. The monoisotopic (exact) mass is 370 g/mol. The van der Waals surface area contributed by atoms with Crippen LogP contribution in [0.15, 0.2) is 65.6 Å². The second kappa shape index (κ2) is 6.99. The summed E-state index contributed by atoms with van der Waals surface area (Å²) in [5.74, 6) is 0. The Labute approximate surface area is 153 Å². The highest BCUT2D eigenvalue weighted by Gasteiger charge is 2.28. The molecule has 0 spiro atoms. The summed E-state index contributed by atoms with van der Waals surface area (Å²) in [5, 5.41) is 11.5. The summed E-state index contributed by atoms with van der Waals surface area (Å²) >= 11 is 0. The molecule has 8 heteroatoms. The van der Waals surface area contributed by atoms with Crippen molar-refractivity contribution in [2.75, 3.05) is 24.7 Å². The SMILES string of the molecule is CN(C)c1cccc2c(S(=O)(=O)OB(O)c3cccc(N)c3)cccc12. The molecule has 0 aliphatic rings. The zero-order valence-corrected chi connectivity index (χ0v) is 15.3. The minimum absolute atomic E-state index is 0.00153. The van der Waals surface area contributed by atoms with Crippen molar-refractivity contribution in [3.63, 3.8) is 0 Å². The first-order valence-corrected chi connectivity index (χ1v) is 9.36. The summed E-state index contributed by atoms with van der Waals surface area (Å²) in [4.78, 5) is 1.91. The third-order valence-corrected chi connectivity index (χ3v) is 5.35. The van der Waals surface area contributed by atoms with Crippen LogP contribution in [-0.2, 0) is 14.2 Å². The number of fused-ring (bicyclic) bond motifs is 1. The molecule has 0 saturated carbocycles. The van der Waals surface area contributed by atoms with Gasteiger partial charge in [0.1, 0.15) is 4.90 Å². The van der Waals surface area contributed by atoms with Crippen LogP contribution < -0.4 is 16.1 Å². The Morgan fingerprint density at radius 2 is 1.65 bits per heavy atom. The fraction of sp³-hybridized carbons (Fsp3) is 0.111. The molecule has 3 aromatic carbocycles. The molecule has 3 N–H and O–H groups in total. The Kier molecular flexibility index (Phi) is 4.91. The topological polar surface area (TPSA) is 92.9 Å². The van der Waals surface area contributed by atoms with Gasteiger partial charge in [-0.1, -0.05) is 36.4 Å². The van der Waals surface area contributed by atoms with Crippen molar-refractivity contribution in [2.24, 2.45) is 0 Å². The Hall–Kier alpha value is -2.55. The second-order valence-corrected chi connectivity index (χ2v) is 7.64. The highest BCUT2D eigenvalue weighted by molar-refractivity contribution is 7.87. The van der Waals surface area contributed by atoms with E-state index in [4.69, 9.17) is 9.83 Å². The second-order valence-electron chi connectivity index (χ2n) is 6.10. The molecule has 0 aliphatic carbocycles. The molecule has 0 fully saturated rings. The molecule has 0 bridgehead atoms. The van der Waals surface area contributed by atoms with Gasteiger partial charge in [-0.05, 0) is 29.7 Å². The maximum atomic E-state index is 12.8. The summed E-state index contributed by atoms with van der Waals surface area (Å²) < 4.78 is 30.6. The summed E-state index contributed by atoms with van der Waals surface area (Å²) in [6, 6.07) is 16.6. The smallest absolute Gasteiger partial charge is 0.422 e. The summed E-state index contributed by atoms with van der Waals surface area (Å²) in [7, 11) is -2.07. The number of hydrogen-bond acceptors (Lipinski definition) is 6. The first-order valence-electron chi connectivity index (χ1n) is 7.95. The first kappa shape index (κ1) is 18.3. The highest BCUT2D eigenvalue weighted by Crippen LogP contribution is 2.31. The van der Waals surface area contributed by atoms with Crippen LogP contribution in [0.2, 0.25) is 0 Å². The molecule has 0 atom stereocenters. The Bertz CT molecular complexity index is 1050. The van der Waals surface area contributed by atoms with Crippen molar-refractivity contribution in [3.8, 4) is 0 Å². The number of anilines is 2. The number of hydrogen-bond donors (Lipinski definition) is 2. The largest absolute Gasteiger partial charge is 0.507 e. The molecule has 0 radical (unpaired) electrons. The van der Waals surface area contributed by atoms with Crippen LogP contribution in [0.5, 0.6) is 0 Å². The Morgan fingerprint density at radius 1 is 1.00 bits per heavy atom. The summed E-state index contributed by atoms with van der Waals surface area (Å²) in [5.41, 5.74) is 7.23. The van der Waals surface area contributed by atoms with E-state index >= 15 is 0 Å². The molecule has 3 aromatic rings. The first-order chi connectivity index (χ1) is 12.3. The zero-order valence-electron chi connectivity index (χ0n) is 14.5. The van der Waals surface area contributed by atoms with Crippen LogP contribution in [0.3, 0.4) is 0 Å². The van der Waals surface area contributed by atoms with Crippen LogP contribution in [-0.4, -0.2) is 34.7 Å². The average molecular weight is 370 g/mol. The van der Waals surface area contributed by atoms with Gasteiger partial charge in [-0.3, -0.25) is 4.10 Å². The van der Waals surface area contributed by atoms with Gasteiger partial charge in [0.25, 0.3) is 10.1 Å².